The van der Waals surface area contributed by atoms with Gasteiger partial charge in [-0.3, -0.25) is 9.48 Å². The summed E-state index contributed by atoms with van der Waals surface area (Å²) in [4.78, 5) is 16.2. The molecule has 0 aliphatic carbocycles. The van der Waals surface area contributed by atoms with Crippen LogP contribution in [-0.4, -0.2) is 33.3 Å². The lowest BCUT2D eigenvalue weighted by Gasteiger charge is -2.13. The zero-order valence-electron chi connectivity index (χ0n) is 11.7. The number of nitrogens with zero attached hydrogens (tertiary/aromatic N) is 3. The zero-order chi connectivity index (χ0) is 14.4. The second kappa shape index (κ2) is 6.70. The van der Waals surface area contributed by atoms with Crippen LogP contribution in [-0.2, 0) is 6.54 Å². The van der Waals surface area contributed by atoms with E-state index in [1.807, 2.05) is 32.2 Å². The Kier molecular flexibility index (Phi) is 4.70. The minimum atomic E-state index is -0.173. The van der Waals surface area contributed by atoms with Crippen LogP contribution in [0, 0.1) is 0 Å². The first-order chi connectivity index (χ1) is 9.69. The molecule has 20 heavy (non-hydrogen) atoms. The molecule has 0 aliphatic heterocycles. The summed E-state index contributed by atoms with van der Waals surface area (Å²) in [5.74, 6) is -0.173. The molecule has 0 bridgehead atoms. The van der Waals surface area contributed by atoms with Gasteiger partial charge in [0.1, 0.15) is 5.69 Å². The number of pyridine rings is 1. The smallest absolute Gasteiger partial charge is 0.270 e. The molecule has 0 saturated carbocycles. The van der Waals surface area contributed by atoms with Crippen LogP contribution in [0.1, 0.15) is 24.3 Å². The van der Waals surface area contributed by atoms with Gasteiger partial charge >= 0.3 is 0 Å². The van der Waals surface area contributed by atoms with Crippen molar-refractivity contribution in [1.29, 1.82) is 0 Å². The van der Waals surface area contributed by atoms with E-state index in [0.717, 1.165) is 12.2 Å². The summed E-state index contributed by atoms with van der Waals surface area (Å²) >= 11 is 0. The molecule has 0 fully saturated rings. The van der Waals surface area contributed by atoms with Gasteiger partial charge in [-0.25, -0.2) is 4.98 Å². The van der Waals surface area contributed by atoms with Gasteiger partial charge in [-0.2, -0.15) is 5.10 Å². The summed E-state index contributed by atoms with van der Waals surface area (Å²) in [5, 5.41) is 10.2. The second-order valence-electron chi connectivity index (χ2n) is 4.57. The Hall–Kier alpha value is -2.37. The van der Waals surface area contributed by atoms with E-state index in [0.29, 0.717) is 12.2 Å². The largest absolute Gasteiger partial charge is 0.384 e. The SMILES string of the molecule is CCNc1ccc(C(=O)NC(C)Cn2cccn2)nc1. The first-order valence-corrected chi connectivity index (χ1v) is 6.67. The van der Waals surface area contributed by atoms with Gasteiger partial charge in [0.25, 0.3) is 5.91 Å². The standard InChI is InChI=1S/C14H19N5O/c1-3-15-12-5-6-13(16-9-12)14(20)18-11(2)10-19-8-4-7-17-19/h4-9,11,15H,3,10H2,1-2H3,(H,18,20). The van der Waals surface area contributed by atoms with Crippen LogP contribution in [0.15, 0.2) is 36.8 Å². The number of carbonyl (C=O) groups is 1. The maximum Gasteiger partial charge on any atom is 0.270 e. The van der Waals surface area contributed by atoms with Crippen LogP contribution in [0.5, 0.6) is 0 Å². The number of hydrogen-bond acceptors (Lipinski definition) is 4. The van der Waals surface area contributed by atoms with Crippen molar-refractivity contribution in [3.8, 4) is 0 Å². The number of anilines is 1. The Balaban J connectivity index is 1.90. The monoisotopic (exact) mass is 273 g/mol. The summed E-state index contributed by atoms with van der Waals surface area (Å²) in [6, 6.07) is 5.41. The van der Waals surface area contributed by atoms with E-state index in [1.54, 1.807) is 23.1 Å². The van der Waals surface area contributed by atoms with Crippen LogP contribution in [0.3, 0.4) is 0 Å². The second-order valence-corrected chi connectivity index (χ2v) is 4.57. The number of amides is 1. The summed E-state index contributed by atoms with van der Waals surface area (Å²) < 4.78 is 1.78. The Morgan fingerprint density at radius 3 is 2.90 bits per heavy atom. The highest BCUT2D eigenvalue weighted by Gasteiger charge is 2.11. The van der Waals surface area contributed by atoms with Crippen LogP contribution in [0.25, 0.3) is 0 Å². The normalized spacial score (nSPS) is 11.9. The molecule has 0 radical (unpaired) electrons. The molecule has 6 heteroatoms. The molecule has 0 spiro atoms. The molecule has 0 saturated heterocycles. The molecule has 2 N–H and O–H groups in total. The quantitative estimate of drug-likeness (QED) is 0.837. The van der Waals surface area contributed by atoms with Gasteiger partial charge in [0, 0.05) is 25.0 Å². The topological polar surface area (TPSA) is 71.8 Å². The van der Waals surface area contributed by atoms with Crippen molar-refractivity contribution in [2.24, 2.45) is 0 Å². The summed E-state index contributed by atoms with van der Waals surface area (Å²) in [5.41, 5.74) is 1.33. The fourth-order valence-electron chi connectivity index (χ4n) is 1.87. The number of carbonyl (C=O) groups excluding carboxylic acids is 1. The highest BCUT2D eigenvalue weighted by molar-refractivity contribution is 5.92. The van der Waals surface area contributed by atoms with E-state index in [4.69, 9.17) is 0 Å². The van der Waals surface area contributed by atoms with Gasteiger partial charge in [-0.15, -0.1) is 0 Å². The van der Waals surface area contributed by atoms with Crippen molar-refractivity contribution < 1.29 is 4.79 Å². The van der Waals surface area contributed by atoms with Crippen molar-refractivity contribution in [2.75, 3.05) is 11.9 Å². The molecule has 0 aromatic carbocycles. The van der Waals surface area contributed by atoms with Crippen molar-refractivity contribution in [3.05, 3.63) is 42.5 Å². The van der Waals surface area contributed by atoms with E-state index in [1.165, 1.54) is 0 Å². The van der Waals surface area contributed by atoms with Gasteiger partial charge in [0.15, 0.2) is 0 Å². The van der Waals surface area contributed by atoms with Crippen LogP contribution < -0.4 is 10.6 Å². The lowest BCUT2D eigenvalue weighted by Crippen LogP contribution is -2.36. The van der Waals surface area contributed by atoms with Gasteiger partial charge in [-0.05, 0) is 32.0 Å². The summed E-state index contributed by atoms with van der Waals surface area (Å²) in [7, 11) is 0. The molecule has 2 rings (SSSR count). The molecule has 1 atom stereocenters. The number of rotatable bonds is 6. The van der Waals surface area contributed by atoms with E-state index in [9.17, 15) is 4.79 Å². The number of hydrogen-bond donors (Lipinski definition) is 2. The van der Waals surface area contributed by atoms with E-state index < -0.39 is 0 Å². The third-order valence-electron chi connectivity index (χ3n) is 2.77. The van der Waals surface area contributed by atoms with Gasteiger partial charge in [0.2, 0.25) is 0 Å². The third-order valence-corrected chi connectivity index (χ3v) is 2.77. The Labute approximate surface area is 118 Å². The summed E-state index contributed by atoms with van der Waals surface area (Å²) in [6.45, 7) is 5.41. The lowest BCUT2D eigenvalue weighted by atomic mass is 10.2. The summed E-state index contributed by atoms with van der Waals surface area (Å²) in [6.07, 6.45) is 5.25. The highest BCUT2D eigenvalue weighted by atomic mass is 16.1. The fourth-order valence-corrected chi connectivity index (χ4v) is 1.87. The minimum absolute atomic E-state index is 0.0161. The number of aromatic nitrogens is 3. The maximum absolute atomic E-state index is 12.0. The van der Waals surface area contributed by atoms with Crippen molar-refractivity contribution in [2.45, 2.75) is 26.4 Å². The molecule has 1 amide bonds. The van der Waals surface area contributed by atoms with Gasteiger partial charge in [0.05, 0.1) is 18.4 Å². The van der Waals surface area contributed by atoms with E-state index in [-0.39, 0.29) is 11.9 Å². The Morgan fingerprint density at radius 1 is 1.45 bits per heavy atom. The van der Waals surface area contributed by atoms with E-state index in [2.05, 4.69) is 20.7 Å². The average molecular weight is 273 g/mol. The molecule has 1 unspecified atom stereocenters. The van der Waals surface area contributed by atoms with Crippen molar-refractivity contribution in [3.63, 3.8) is 0 Å². The molecule has 6 nitrogen and oxygen atoms in total. The first-order valence-electron chi connectivity index (χ1n) is 6.67. The first kappa shape index (κ1) is 14.0. The van der Waals surface area contributed by atoms with Crippen molar-refractivity contribution in [1.82, 2.24) is 20.1 Å². The zero-order valence-corrected chi connectivity index (χ0v) is 11.7. The van der Waals surface area contributed by atoms with Crippen LogP contribution >= 0.6 is 0 Å². The molecule has 2 aromatic rings. The predicted molar refractivity (Wildman–Crippen MR) is 77.6 cm³/mol. The molecular weight excluding hydrogens is 254 g/mol. The Bertz CT molecular complexity index is 535. The number of nitrogens with one attached hydrogen (secondary N) is 2. The molecule has 106 valence electrons. The molecule has 0 aliphatic rings. The maximum atomic E-state index is 12.0. The predicted octanol–water partition coefficient (Wildman–Crippen LogP) is 1.53. The minimum Gasteiger partial charge on any atom is -0.384 e. The highest BCUT2D eigenvalue weighted by Crippen LogP contribution is 2.06. The van der Waals surface area contributed by atoms with E-state index >= 15 is 0 Å². The Morgan fingerprint density at radius 2 is 2.30 bits per heavy atom. The van der Waals surface area contributed by atoms with Crippen molar-refractivity contribution >= 4 is 11.6 Å². The molecule has 2 aromatic heterocycles. The van der Waals surface area contributed by atoms with Gasteiger partial charge < -0.3 is 10.6 Å². The fraction of sp³-hybridized carbons (Fsp3) is 0.357. The van der Waals surface area contributed by atoms with Crippen LogP contribution in [0.4, 0.5) is 5.69 Å². The molecule has 2 heterocycles. The van der Waals surface area contributed by atoms with Gasteiger partial charge in [-0.1, -0.05) is 0 Å². The molecular formula is C14H19N5O. The van der Waals surface area contributed by atoms with Crippen LogP contribution in [0.2, 0.25) is 0 Å². The third kappa shape index (κ3) is 3.81. The lowest BCUT2D eigenvalue weighted by molar-refractivity contribution is 0.0931. The average Bonchev–Trinajstić information content (AvgIpc) is 2.92.